The van der Waals surface area contributed by atoms with Crippen LogP contribution in [0.3, 0.4) is 0 Å². The SMILES string of the molecule is CCOC(=O)C=C(CC)c1ccc(OCc2ccccc2)c(N)c1. The Hall–Kier alpha value is -2.75. The second-order valence-corrected chi connectivity index (χ2v) is 5.30. The van der Waals surface area contributed by atoms with Gasteiger partial charge in [-0.1, -0.05) is 43.3 Å². The summed E-state index contributed by atoms with van der Waals surface area (Å²) in [6, 6.07) is 15.5. The Morgan fingerprint density at radius 1 is 1.12 bits per heavy atom. The molecule has 4 heteroatoms. The van der Waals surface area contributed by atoms with E-state index in [-0.39, 0.29) is 5.97 Å². The van der Waals surface area contributed by atoms with Crippen LogP contribution in [-0.4, -0.2) is 12.6 Å². The molecular weight excluding hydrogens is 302 g/mol. The molecule has 0 amide bonds. The monoisotopic (exact) mass is 325 g/mol. The first-order chi connectivity index (χ1) is 11.6. The standard InChI is InChI=1S/C20H23NO3/c1-3-16(13-20(22)23-4-2)17-10-11-19(18(21)12-17)24-14-15-8-6-5-7-9-15/h5-13H,3-4,14,21H2,1-2H3. The normalized spacial score (nSPS) is 11.2. The van der Waals surface area contributed by atoms with Crippen LogP contribution in [0.5, 0.6) is 5.75 Å². The van der Waals surface area contributed by atoms with Crippen molar-refractivity contribution in [1.29, 1.82) is 0 Å². The zero-order chi connectivity index (χ0) is 17.4. The van der Waals surface area contributed by atoms with Gasteiger partial charge in [-0.2, -0.15) is 0 Å². The van der Waals surface area contributed by atoms with Crippen LogP contribution in [0.25, 0.3) is 5.57 Å². The fourth-order valence-corrected chi connectivity index (χ4v) is 2.33. The second kappa shape index (κ2) is 8.77. The number of carbonyl (C=O) groups excluding carboxylic acids is 1. The summed E-state index contributed by atoms with van der Waals surface area (Å²) in [5, 5.41) is 0. The van der Waals surface area contributed by atoms with Gasteiger partial charge in [0.05, 0.1) is 12.3 Å². The van der Waals surface area contributed by atoms with Crippen molar-refractivity contribution in [1.82, 2.24) is 0 Å². The largest absolute Gasteiger partial charge is 0.487 e. The van der Waals surface area contributed by atoms with Crippen molar-refractivity contribution in [2.75, 3.05) is 12.3 Å². The maximum Gasteiger partial charge on any atom is 0.331 e. The van der Waals surface area contributed by atoms with Crippen molar-refractivity contribution in [3.05, 3.63) is 65.7 Å². The van der Waals surface area contributed by atoms with E-state index in [9.17, 15) is 4.79 Å². The van der Waals surface area contributed by atoms with Crippen molar-refractivity contribution >= 4 is 17.2 Å². The molecule has 2 rings (SSSR count). The zero-order valence-corrected chi connectivity index (χ0v) is 14.1. The molecule has 0 saturated heterocycles. The van der Waals surface area contributed by atoms with E-state index < -0.39 is 0 Å². The maximum atomic E-state index is 11.6. The highest BCUT2D eigenvalue weighted by Gasteiger charge is 2.08. The molecule has 0 aliphatic heterocycles. The molecule has 126 valence electrons. The molecule has 0 aliphatic carbocycles. The van der Waals surface area contributed by atoms with E-state index in [4.69, 9.17) is 15.2 Å². The van der Waals surface area contributed by atoms with Crippen molar-refractivity contribution in [3.8, 4) is 5.75 Å². The van der Waals surface area contributed by atoms with E-state index in [0.29, 0.717) is 31.1 Å². The Morgan fingerprint density at radius 2 is 1.88 bits per heavy atom. The van der Waals surface area contributed by atoms with Gasteiger partial charge in [0.15, 0.2) is 0 Å². The van der Waals surface area contributed by atoms with E-state index in [1.165, 1.54) is 6.08 Å². The predicted octanol–water partition coefficient (Wildman–Crippen LogP) is 4.20. The summed E-state index contributed by atoms with van der Waals surface area (Å²) in [5.41, 5.74) is 9.51. The van der Waals surface area contributed by atoms with E-state index in [1.807, 2.05) is 55.5 Å². The number of anilines is 1. The average Bonchev–Trinajstić information content (AvgIpc) is 2.60. The second-order valence-electron chi connectivity index (χ2n) is 5.30. The van der Waals surface area contributed by atoms with Gasteiger partial charge in [-0.15, -0.1) is 0 Å². The first kappa shape index (κ1) is 17.6. The number of hydrogen-bond donors (Lipinski definition) is 1. The van der Waals surface area contributed by atoms with Gasteiger partial charge in [0.1, 0.15) is 12.4 Å². The molecule has 2 aromatic rings. The van der Waals surface area contributed by atoms with Gasteiger partial charge in [0.2, 0.25) is 0 Å². The number of nitrogen functional groups attached to an aromatic ring is 1. The molecule has 0 bridgehead atoms. The minimum atomic E-state index is -0.336. The lowest BCUT2D eigenvalue weighted by Crippen LogP contribution is -2.02. The molecule has 2 aromatic carbocycles. The number of benzene rings is 2. The molecule has 2 N–H and O–H groups in total. The highest BCUT2D eigenvalue weighted by atomic mass is 16.5. The third-order valence-electron chi connectivity index (χ3n) is 3.58. The van der Waals surface area contributed by atoms with Crippen LogP contribution in [-0.2, 0) is 16.1 Å². The van der Waals surface area contributed by atoms with Crippen LogP contribution in [0.2, 0.25) is 0 Å². The van der Waals surface area contributed by atoms with Crippen molar-refractivity contribution in [2.24, 2.45) is 0 Å². The fraction of sp³-hybridized carbons (Fsp3) is 0.250. The third-order valence-corrected chi connectivity index (χ3v) is 3.58. The fourth-order valence-electron chi connectivity index (χ4n) is 2.33. The Balaban J connectivity index is 2.12. The molecule has 0 unspecified atom stereocenters. The molecule has 0 radical (unpaired) electrons. The van der Waals surface area contributed by atoms with Crippen LogP contribution < -0.4 is 10.5 Å². The lowest BCUT2D eigenvalue weighted by Gasteiger charge is -2.12. The number of ether oxygens (including phenoxy) is 2. The quantitative estimate of drug-likeness (QED) is 0.471. The summed E-state index contributed by atoms with van der Waals surface area (Å²) >= 11 is 0. The molecule has 0 aliphatic rings. The molecule has 0 spiro atoms. The average molecular weight is 325 g/mol. The number of nitrogens with two attached hydrogens (primary N) is 1. The number of esters is 1. The van der Waals surface area contributed by atoms with Crippen molar-refractivity contribution in [3.63, 3.8) is 0 Å². The molecule has 0 fully saturated rings. The van der Waals surface area contributed by atoms with Gasteiger partial charge in [0.25, 0.3) is 0 Å². The number of allylic oxidation sites excluding steroid dienone is 1. The Labute approximate surface area is 142 Å². The van der Waals surface area contributed by atoms with Gasteiger partial charge in [-0.05, 0) is 42.2 Å². The topological polar surface area (TPSA) is 61.5 Å². The van der Waals surface area contributed by atoms with Crippen molar-refractivity contribution < 1.29 is 14.3 Å². The Kier molecular flexibility index (Phi) is 6.43. The number of carbonyl (C=O) groups is 1. The van der Waals surface area contributed by atoms with Gasteiger partial charge in [0, 0.05) is 6.08 Å². The molecule has 0 aromatic heterocycles. The number of rotatable bonds is 7. The molecule has 0 saturated carbocycles. The Morgan fingerprint density at radius 3 is 2.50 bits per heavy atom. The van der Waals surface area contributed by atoms with Gasteiger partial charge >= 0.3 is 5.97 Å². The van der Waals surface area contributed by atoms with Crippen LogP contribution in [0.15, 0.2) is 54.6 Å². The zero-order valence-electron chi connectivity index (χ0n) is 14.1. The third kappa shape index (κ3) is 4.88. The molecule has 4 nitrogen and oxygen atoms in total. The van der Waals surface area contributed by atoms with Crippen LogP contribution >= 0.6 is 0 Å². The molecule has 0 heterocycles. The maximum absolute atomic E-state index is 11.6. The molecule has 24 heavy (non-hydrogen) atoms. The van der Waals surface area contributed by atoms with E-state index >= 15 is 0 Å². The summed E-state index contributed by atoms with van der Waals surface area (Å²) in [6.07, 6.45) is 2.23. The first-order valence-electron chi connectivity index (χ1n) is 8.08. The molecule has 0 atom stereocenters. The predicted molar refractivity (Wildman–Crippen MR) is 96.5 cm³/mol. The van der Waals surface area contributed by atoms with Crippen LogP contribution in [0.1, 0.15) is 31.4 Å². The lowest BCUT2D eigenvalue weighted by molar-refractivity contribution is -0.137. The summed E-state index contributed by atoms with van der Waals surface area (Å²) in [6.45, 7) is 4.60. The van der Waals surface area contributed by atoms with E-state index in [0.717, 1.165) is 16.7 Å². The molecular formula is C20H23NO3. The van der Waals surface area contributed by atoms with E-state index in [1.54, 1.807) is 6.92 Å². The van der Waals surface area contributed by atoms with Gasteiger partial charge in [-0.3, -0.25) is 0 Å². The highest BCUT2D eigenvalue weighted by Crippen LogP contribution is 2.28. The van der Waals surface area contributed by atoms with Crippen LogP contribution in [0.4, 0.5) is 5.69 Å². The first-order valence-corrected chi connectivity index (χ1v) is 8.08. The summed E-state index contributed by atoms with van der Waals surface area (Å²) in [7, 11) is 0. The van der Waals surface area contributed by atoms with Crippen molar-refractivity contribution in [2.45, 2.75) is 26.9 Å². The van der Waals surface area contributed by atoms with Gasteiger partial charge < -0.3 is 15.2 Å². The summed E-state index contributed by atoms with van der Waals surface area (Å²) in [5.74, 6) is 0.298. The van der Waals surface area contributed by atoms with E-state index in [2.05, 4.69) is 0 Å². The smallest absolute Gasteiger partial charge is 0.331 e. The highest BCUT2D eigenvalue weighted by molar-refractivity contribution is 5.91. The minimum Gasteiger partial charge on any atom is -0.487 e. The summed E-state index contributed by atoms with van der Waals surface area (Å²) < 4.78 is 10.7. The minimum absolute atomic E-state index is 0.336. The summed E-state index contributed by atoms with van der Waals surface area (Å²) in [4.78, 5) is 11.6. The van der Waals surface area contributed by atoms with Gasteiger partial charge in [-0.25, -0.2) is 4.79 Å². The Bertz CT molecular complexity index is 708. The number of hydrogen-bond acceptors (Lipinski definition) is 4. The lowest BCUT2D eigenvalue weighted by atomic mass is 10.0. The van der Waals surface area contributed by atoms with Crippen LogP contribution in [0, 0.1) is 0 Å².